The normalized spacial score (nSPS) is 25.6. The molecule has 1 aromatic carbocycles. The SMILES string of the molecule is Cc1cc(NC2CC(N)C2)ccc1Cl. The third-order valence-corrected chi connectivity index (χ3v) is 3.13. The molecule has 0 saturated heterocycles. The second-order valence-electron chi connectivity index (χ2n) is 4.04. The summed E-state index contributed by atoms with van der Waals surface area (Å²) in [4.78, 5) is 0. The first-order valence-electron chi connectivity index (χ1n) is 4.93. The molecule has 0 radical (unpaired) electrons. The lowest BCUT2D eigenvalue weighted by molar-refractivity contribution is 0.373. The van der Waals surface area contributed by atoms with Crippen molar-refractivity contribution in [1.29, 1.82) is 0 Å². The van der Waals surface area contributed by atoms with Crippen molar-refractivity contribution in [2.45, 2.75) is 31.8 Å². The first kappa shape index (κ1) is 9.81. The number of rotatable bonds is 2. The molecule has 1 fully saturated rings. The highest BCUT2D eigenvalue weighted by Crippen LogP contribution is 2.25. The lowest BCUT2D eigenvalue weighted by Gasteiger charge is -2.33. The van der Waals surface area contributed by atoms with Gasteiger partial charge < -0.3 is 11.1 Å². The van der Waals surface area contributed by atoms with Crippen molar-refractivity contribution in [2.24, 2.45) is 5.73 Å². The summed E-state index contributed by atoms with van der Waals surface area (Å²) in [5, 5.41) is 4.26. The van der Waals surface area contributed by atoms with Crippen LogP contribution < -0.4 is 11.1 Å². The molecule has 14 heavy (non-hydrogen) atoms. The lowest BCUT2D eigenvalue weighted by Crippen LogP contribution is -2.44. The van der Waals surface area contributed by atoms with Crippen LogP contribution in [0.15, 0.2) is 18.2 Å². The third kappa shape index (κ3) is 2.02. The minimum absolute atomic E-state index is 0.390. The van der Waals surface area contributed by atoms with E-state index < -0.39 is 0 Å². The molecular weight excluding hydrogens is 196 g/mol. The Morgan fingerprint density at radius 1 is 1.43 bits per heavy atom. The highest BCUT2D eigenvalue weighted by molar-refractivity contribution is 6.31. The van der Waals surface area contributed by atoms with Gasteiger partial charge in [0.25, 0.3) is 0 Å². The Balaban J connectivity index is 2.00. The van der Waals surface area contributed by atoms with Gasteiger partial charge in [-0.05, 0) is 43.5 Å². The summed E-state index contributed by atoms with van der Waals surface area (Å²) in [6.07, 6.45) is 2.14. The molecule has 0 bridgehead atoms. The van der Waals surface area contributed by atoms with E-state index in [-0.39, 0.29) is 0 Å². The van der Waals surface area contributed by atoms with E-state index in [9.17, 15) is 0 Å². The van der Waals surface area contributed by atoms with Crippen LogP contribution in [-0.2, 0) is 0 Å². The molecule has 1 aromatic rings. The van der Waals surface area contributed by atoms with Crippen LogP contribution in [0.4, 0.5) is 5.69 Å². The van der Waals surface area contributed by atoms with E-state index in [2.05, 4.69) is 11.4 Å². The number of nitrogens with two attached hydrogens (primary N) is 1. The van der Waals surface area contributed by atoms with Gasteiger partial charge >= 0.3 is 0 Å². The highest BCUT2D eigenvalue weighted by atomic mass is 35.5. The standard InChI is InChI=1S/C11H15ClN2/c1-7-4-9(2-3-11(7)12)14-10-5-8(13)6-10/h2-4,8,10,14H,5-6,13H2,1H3. The fraction of sp³-hybridized carbons (Fsp3) is 0.455. The summed E-state index contributed by atoms with van der Waals surface area (Å²) >= 11 is 5.94. The first-order valence-corrected chi connectivity index (χ1v) is 5.31. The predicted molar refractivity (Wildman–Crippen MR) is 60.8 cm³/mol. The molecule has 0 atom stereocenters. The van der Waals surface area contributed by atoms with Gasteiger partial charge in [0, 0.05) is 22.8 Å². The largest absolute Gasteiger partial charge is 0.382 e. The van der Waals surface area contributed by atoms with Crippen molar-refractivity contribution >= 4 is 17.3 Å². The molecule has 0 aliphatic heterocycles. The second-order valence-corrected chi connectivity index (χ2v) is 4.44. The number of aryl methyl sites for hydroxylation is 1. The van der Waals surface area contributed by atoms with Crippen molar-refractivity contribution in [3.8, 4) is 0 Å². The van der Waals surface area contributed by atoms with E-state index in [0.717, 1.165) is 29.1 Å². The van der Waals surface area contributed by atoms with Gasteiger partial charge in [0.1, 0.15) is 0 Å². The molecule has 1 aliphatic rings. The zero-order valence-corrected chi connectivity index (χ0v) is 9.01. The second kappa shape index (κ2) is 3.79. The van der Waals surface area contributed by atoms with Crippen LogP contribution in [0.3, 0.4) is 0 Å². The molecule has 2 rings (SSSR count). The number of hydrogen-bond donors (Lipinski definition) is 2. The van der Waals surface area contributed by atoms with Crippen LogP contribution in [0.25, 0.3) is 0 Å². The Labute approximate surface area is 89.4 Å². The van der Waals surface area contributed by atoms with Crippen LogP contribution in [0.1, 0.15) is 18.4 Å². The van der Waals surface area contributed by atoms with Gasteiger partial charge in [0.15, 0.2) is 0 Å². The van der Waals surface area contributed by atoms with Crippen LogP contribution in [0.5, 0.6) is 0 Å². The molecule has 0 heterocycles. The number of nitrogens with one attached hydrogen (secondary N) is 1. The van der Waals surface area contributed by atoms with E-state index in [1.165, 1.54) is 0 Å². The summed E-state index contributed by atoms with van der Waals surface area (Å²) in [6, 6.07) is 6.95. The van der Waals surface area contributed by atoms with E-state index in [1.807, 2.05) is 19.1 Å². The zero-order valence-electron chi connectivity index (χ0n) is 8.26. The zero-order chi connectivity index (χ0) is 10.1. The van der Waals surface area contributed by atoms with Gasteiger partial charge in [-0.3, -0.25) is 0 Å². The maximum atomic E-state index is 5.94. The van der Waals surface area contributed by atoms with Crippen molar-refractivity contribution in [2.75, 3.05) is 5.32 Å². The minimum Gasteiger partial charge on any atom is -0.382 e. The van der Waals surface area contributed by atoms with E-state index in [4.69, 9.17) is 17.3 Å². The van der Waals surface area contributed by atoms with Gasteiger partial charge in [-0.15, -0.1) is 0 Å². The molecule has 2 nitrogen and oxygen atoms in total. The molecule has 3 N–H and O–H groups in total. The van der Waals surface area contributed by atoms with E-state index in [1.54, 1.807) is 0 Å². The van der Waals surface area contributed by atoms with Gasteiger partial charge in [0.05, 0.1) is 0 Å². The molecule has 3 heteroatoms. The van der Waals surface area contributed by atoms with Crippen molar-refractivity contribution in [1.82, 2.24) is 0 Å². The van der Waals surface area contributed by atoms with Crippen LogP contribution in [0, 0.1) is 6.92 Å². The Kier molecular flexibility index (Phi) is 2.66. The number of halogens is 1. The van der Waals surface area contributed by atoms with Crippen molar-refractivity contribution < 1.29 is 0 Å². The monoisotopic (exact) mass is 210 g/mol. The fourth-order valence-electron chi connectivity index (χ4n) is 1.75. The predicted octanol–water partition coefficient (Wildman–Crippen LogP) is 2.55. The maximum absolute atomic E-state index is 5.94. The van der Waals surface area contributed by atoms with E-state index >= 15 is 0 Å². The molecule has 0 spiro atoms. The van der Waals surface area contributed by atoms with Crippen molar-refractivity contribution in [3.05, 3.63) is 28.8 Å². The molecule has 1 saturated carbocycles. The molecule has 0 unspecified atom stereocenters. The quantitative estimate of drug-likeness (QED) is 0.788. The summed E-state index contributed by atoms with van der Waals surface area (Å²) in [5.41, 5.74) is 7.97. The first-order chi connectivity index (χ1) is 6.65. The molecular formula is C11H15ClN2. The van der Waals surface area contributed by atoms with Gasteiger partial charge in [-0.2, -0.15) is 0 Å². The maximum Gasteiger partial charge on any atom is 0.0436 e. The molecule has 1 aliphatic carbocycles. The van der Waals surface area contributed by atoms with Crippen LogP contribution in [-0.4, -0.2) is 12.1 Å². The summed E-state index contributed by atoms with van der Waals surface area (Å²) in [5.74, 6) is 0. The van der Waals surface area contributed by atoms with Crippen LogP contribution in [0.2, 0.25) is 5.02 Å². The third-order valence-electron chi connectivity index (χ3n) is 2.70. The lowest BCUT2D eigenvalue weighted by atomic mass is 9.87. The Morgan fingerprint density at radius 2 is 2.14 bits per heavy atom. The number of anilines is 1. The molecule has 0 amide bonds. The van der Waals surface area contributed by atoms with Crippen LogP contribution >= 0.6 is 11.6 Å². The summed E-state index contributed by atoms with van der Waals surface area (Å²) < 4.78 is 0. The minimum atomic E-state index is 0.390. The average molecular weight is 211 g/mol. The summed E-state index contributed by atoms with van der Waals surface area (Å²) in [6.45, 7) is 2.01. The number of hydrogen-bond acceptors (Lipinski definition) is 2. The van der Waals surface area contributed by atoms with Gasteiger partial charge in [-0.25, -0.2) is 0 Å². The molecule has 76 valence electrons. The Morgan fingerprint density at radius 3 is 2.71 bits per heavy atom. The van der Waals surface area contributed by atoms with E-state index in [0.29, 0.717) is 12.1 Å². The Bertz CT molecular complexity index is 332. The fourth-order valence-corrected chi connectivity index (χ4v) is 1.87. The highest BCUT2D eigenvalue weighted by Gasteiger charge is 2.25. The smallest absolute Gasteiger partial charge is 0.0436 e. The topological polar surface area (TPSA) is 38.0 Å². The van der Waals surface area contributed by atoms with Gasteiger partial charge in [-0.1, -0.05) is 11.6 Å². The summed E-state index contributed by atoms with van der Waals surface area (Å²) in [7, 11) is 0. The molecule has 0 aromatic heterocycles. The number of benzene rings is 1. The van der Waals surface area contributed by atoms with Gasteiger partial charge in [0.2, 0.25) is 0 Å². The average Bonchev–Trinajstić information content (AvgIpc) is 2.09. The van der Waals surface area contributed by atoms with Crippen molar-refractivity contribution in [3.63, 3.8) is 0 Å². The Hall–Kier alpha value is -0.730.